The van der Waals surface area contributed by atoms with Crippen molar-refractivity contribution in [2.75, 3.05) is 19.6 Å². The molecule has 3 N–H and O–H groups in total. The molecule has 0 aromatic heterocycles. The van der Waals surface area contributed by atoms with Gasteiger partial charge in [-0.25, -0.2) is 4.79 Å². The van der Waals surface area contributed by atoms with Gasteiger partial charge in [0, 0.05) is 19.6 Å². The van der Waals surface area contributed by atoms with Gasteiger partial charge in [0.05, 0.1) is 6.04 Å². The van der Waals surface area contributed by atoms with Crippen molar-refractivity contribution < 1.29 is 14.7 Å². The van der Waals surface area contributed by atoms with Crippen LogP contribution >= 0.6 is 0 Å². The van der Waals surface area contributed by atoms with Gasteiger partial charge in [-0.3, -0.25) is 9.69 Å². The van der Waals surface area contributed by atoms with Crippen LogP contribution in [0.1, 0.15) is 28.3 Å². The standard InChI is InChI=1S/C32H31N3O3/c33-32(26-17-9-3-10-18-26,27-19-11-4-12-20-27)31(38)35-22-21-34(23-28(35)30(36)37)29(24-13-5-1-6-14-24)25-15-7-2-8-16-25/h1-20,28-29H,21-23,33H2,(H,36,37). The lowest BCUT2D eigenvalue weighted by Gasteiger charge is -2.45. The van der Waals surface area contributed by atoms with Gasteiger partial charge < -0.3 is 15.7 Å². The molecule has 1 saturated heterocycles. The molecule has 192 valence electrons. The largest absolute Gasteiger partial charge is 0.480 e. The first kappa shape index (κ1) is 25.4. The number of carboxylic acid groups (broad SMARTS) is 1. The van der Waals surface area contributed by atoms with Crippen LogP contribution in [0.5, 0.6) is 0 Å². The van der Waals surface area contributed by atoms with Gasteiger partial charge in [0.25, 0.3) is 5.91 Å². The summed E-state index contributed by atoms with van der Waals surface area (Å²) in [6.45, 7) is 0.920. The molecule has 4 aromatic rings. The Kier molecular flexibility index (Phi) is 7.36. The van der Waals surface area contributed by atoms with E-state index < -0.39 is 23.5 Å². The quantitative estimate of drug-likeness (QED) is 0.392. The molecule has 1 heterocycles. The Balaban J connectivity index is 1.51. The van der Waals surface area contributed by atoms with Crippen LogP contribution in [-0.2, 0) is 15.1 Å². The Morgan fingerprint density at radius 3 is 1.55 bits per heavy atom. The van der Waals surface area contributed by atoms with E-state index in [-0.39, 0.29) is 19.1 Å². The fourth-order valence-electron chi connectivity index (χ4n) is 5.42. The number of rotatable bonds is 7. The molecule has 6 heteroatoms. The Bertz CT molecular complexity index is 1290. The van der Waals surface area contributed by atoms with Crippen LogP contribution in [0.15, 0.2) is 121 Å². The van der Waals surface area contributed by atoms with E-state index in [0.29, 0.717) is 17.7 Å². The molecule has 0 aliphatic carbocycles. The van der Waals surface area contributed by atoms with Gasteiger partial charge >= 0.3 is 5.97 Å². The molecule has 5 rings (SSSR count). The second kappa shape index (κ2) is 11.0. The van der Waals surface area contributed by atoms with E-state index >= 15 is 0 Å². The van der Waals surface area contributed by atoms with Crippen LogP contribution < -0.4 is 5.73 Å². The Hall–Kier alpha value is -4.26. The van der Waals surface area contributed by atoms with Gasteiger partial charge in [-0.05, 0) is 22.3 Å². The minimum Gasteiger partial charge on any atom is -0.480 e. The van der Waals surface area contributed by atoms with Crippen LogP contribution in [-0.4, -0.2) is 52.5 Å². The maximum atomic E-state index is 14.3. The minimum atomic E-state index is -1.52. The Morgan fingerprint density at radius 2 is 1.13 bits per heavy atom. The van der Waals surface area contributed by atoms with Gasteiger partial charge in [0.1, 0.15) is 11.6 Å². The molecule has 1 amide bonds. The number of nitrogens with zero attached hydrogens (tertiary/aromatic N) is 2. The third-order valence-electron chi connectivity index (χ3n) is 7.35. The molecule has 4 aromatic carbocycles. The number of carboxylic acids is 1. The SMILES string of the molecule is NC(C(=O)N1CCN(C(c2ccccc2)c2ccccc2)CC1C(=O)O)(c1ccccc1)c1ccccc1. The highest BCUT2D eigenvalue weighted by Crippen LogP contribution is 2.34. The summed E-state index contributed by atoms with van der Waals surface area (Å²) in [5.74, 6) is -1.47. The van der Waals surface area contributed by atoms with Crippen LogP contribution in [0.2, 0.25) is 0 Å². The number of amides is 1. The van der Waals surface area contributed by atoms with E-state index in [0.717, 1.165) is 11.1 Å². The number of piperazine rings is 1. The monoisotopic (exact) mass is 505 g/mol. The first-order chi connectivity index (χ1) is 18.5. The number of carbonyl (C=O) groups is 2. The van der Waals surface area contributed by atoms with Gasteiger partial charge in [-0.1, -0.05) is 121 Å². The summed E-state index contributed by atoms with van der Waals surface area (Å²) in [5, 5.41) is 10.3. The number of carbonyl (C=O) groups excluding carboxylic acids is 1. The molecular weight excluding hydrogens is 474 g/mol. The average Bonchev–Trinajstić information content (AvgIpc) is 2.98. The van der Waals surface area contributed by atoms with E-state index in [9.17, 15) is 14.7 Å². The molecule has 1 unspecified atom stereocenters. The number of hydrogen-bond donors (Lipinski definition) is 2. The molecule has 1 aliphatic heterocycles. The molecule has 6 nitrogen and oxygen atoms in total. The van der Waals surface area contributed by atoms with E-state index in [2.05, 4.69) is 29.2 Å². The summed E-state index contributed by atoms with van der Waals surface area (Å²) in [7, 11) is 0. The van der Waals surface area contributed by atoms with Crippen molar-refractivity contribution in [2.45, 2.75) is 17.6 Å². The molecular formula is C32H31N3O3. The zero-order chi connectivity index (χ0) is 26.5. The van der Waals surface area contributed by atoms with Crippen molar-refractivity contribution in [1.29, 1.82) is 0 Å². The third-order valence-corrected chi connectivity index (χ3v) is 7.35. The first-order valence-electron chi connectivity index (χ1n) is 12.8. The topological polar surface area (TPSA) is 86.9 Å². The lowest BCUT2D eigenvalue weighted by atomic mass is 9.81. The Morgan fingerprint density at radius 1 is 0.711 bits per heavy atom. The molecule has 1 atom stereocenters. The van der Waals surface area contributed by atoms with Crippen LogP contribution in [0.4, 0.5) is 0 Å². The number of benzene rings is 4. The highest BCUT2D eigenvalue weighted by Gasteiger charge is 2.47. The smallest absolute Gasteiger partial charge is 0.327 e. The highest BCUT2D eigenvalue weighted by molar-refractivity contribution is 5.94. The molecule has 0 bridgehead atoms. The summed E-state index contributed by atoms with van der Waals surface area (Å²) < 4.78 is 0. The van der Waals surface area contributed by atoms with Crippen LogP contribution in [0.3, 0.4) is 0 Å². The van der Waals surface area contributed by atoms with Crippen molar-refractivity contribution >= 4 is 11.9 Å². The fourth-order valence-corrected chi connectivity index (χ4v) is 5.42. The summed E-state index contributed by atoms with van der Waals surface area (Å²) in [5.41, 5.74) is 8.83. The van der Waals surface area contributed by atoms with E-state index in [1.807, 2.05) is 97.1 Å². The first-order valence-corrected chi connectivity index (χ1v) is 12.8. The van der Waals surface area contributed by atoms with Gasteiger partial charge in [0.2, 0.25) is 0 Å². The predicted octanol–water partition coefficient (Wildman–Crippen LogP) is 4.28. The number of aliphatic carboxylic acids is 1. The lowest BCUT2D eigenvalue weighted by Crippen LogP contribution is -2.64. The number of nitrogens with two attached hydrogens (primary N) is 1. The van der Waals surface area contributed by atoms with Crippen molar-refractivity contribution in [1.82, 2.24) is 9.80 Å². The van der Waals surface area contributed by atoms with E-state index in [1.54, 1.807) is 0 Å². The molecule has 0 spiro atoms. The summed E-state index contributed by atoms with van der Waals surface area (Å²) in [6.07, 6.45) is 0. The minimum absolute atomic E-state index is 0.137. The summed E-state index contributed by atoms with van der Waals surface area (Å²) in [4.78, 5) is 30.5. The third kappa shape index (κ3) is 4.84. The van der Waals surface area contributed by atoms with Crippen molar-refractivity contribution in [3.05, 3.63) is 144 Å². The van der Waals surface area contributed by atoms with Crippen molar-refractivity contribution in [3.63, 3.8) is 0 Å². The predicted molar refractivity (Wildman–Crippen MR) is 147 cm³/mol. The normalized spacial score (nSPS) is 16.4. The van der Waals surface area contributed by atoms with Crippen molar-refractivity contribution in [3.8, 4) is 0 Å². The van der Waals surface area contributed by atoms with Crippen LogP contribution in [0, 0.1) is 0 Å². The van der Waals surface area contributed by atoms with E-state index in [4.69, 9.17) is 5.73 Å². The number of hydrogen-bond acceptors (Lipinski definition) is 4. The van der Waals surface area contributed by atoms with Gasteiger partial charge in [-0.15, -0.1) is 0 Å². The highest BCUT2D eigenvalue weighted by atomic mass is 16.4. The zero-order valence-electron chi connectivity index (χ0n) is 21.1. The lowest BCUT2D eigenvalue weighted by molar-refractivity contribution is -0.156. The van der Waals surface area contributed by atoms with Crippen molar-refractivity contribution in [2.24, 2.45) is 5.73 Å². The fraction of sp³-hybridized carbons (Fsp3) is 0.188. The second-order valence-corrected chi connectivity index (χ2v) is 9.61. The summed E-state index contributed by atoms with van der Waals surface area (Å²) in [6, 6.07) is 37.3. The zero-order valence-corrected chi connectivity index (χ0v) is 21.1. The molecule has 0 radical (unpaired) electrons. The second-order valence-electron chi connectivity index (χ2n) is 9.61. The summed E-state index contributed by atoms with van der Waals surface area (Å²) >= 11 is 0. The Labute approximate surface area is 222 Å². The average molecular weight is 506 g/mol. The maximum Gasteiger partial charge on any atom is 0.327 e. The van der Waals surface area contributed by atoms with Crippen LogP contribution in [0.25, 0.3) is 0 Å². The molecule has 1 fully saturated rings. The van der Waals surface area contributed by atoms with E-state index in [1.165, 1.54) is 4.90 Å². The maximum absolute atomic E-state index is 14.3. The molecule has 0 saturated carbocycles. The van der Waals surface area contributed by atoms with Gasteiger partial charge in [-0.2, -0.15) is 0 Å². The van der Waals surface area contributed by atoms with Gasteiger partial charge in [0.15, 0.2) is 0 Å². The molecule has 38 heavy (non-hydrogen) atoms. The molecule has 1 aliphatic rings.